The van der Waals surface area contributed by atoms with Gasteiger partial charge >= 0.3 is 0 Å². The van der Waals surface area contributed by atoms with Crippen molar-refractivity contribution in [3.63, 3.8) is 0 Å². The number of hydrogen-bond donors (Lipinski definition) is 1. The van der Waals surface area contributed by atoms with E-state index in [0.29, 0.717) is 16.7 Å². The molecular formula is C18H36O. The molecule has 1 heteroatoms. The SMILES string of the molecule is CCC(C)C(C)(CC)CC1(C)CC(C(C)O)C1(C)C. The number of hydrogen-bond acceptors (Lipinski definition) is 1. The predicted molar refractivity (Wildman–Crippen MR) is 84.1 cm³/mol. The molecule has 1 saturated carbocycles. The topological polar surface area (TPSA) is 20.2 Å². The number of rotatable bonds is 6. The Kier molecular flexibility index (Phi) is 4.83. The second kappa shape index (κ2) is 5.39. The largest absolute Gasteiger partial charge is 0.393 e. The van der Waals surface area contributed by atoms with Crippen LogP contribution in [0.15, 0.2) is 0 Å². The van der Waals surface area contributed by atoms with Crippen LogP contribution in [0.1, 0.15) is 81.1 Å². The summed E-state index contributed by atoms with van der Waals surface area (Å²) < 4.78 is 0. The lowest BCUT2D eigenvalue weighted by Crippen LogP contribution is -2.58. The van der Waals surface area contributed by atoms with Crippen LogP contribution in [0.4, 0.5) is 0 Å². The first-order valence-electron chi connectivity index (χ1n) is 8.22. The van der Waals surface area contributed by atoms with E-state index in [2.05, 4.69) is 48.5 Å². The summed E-state index contributed by atoms with van der Waals surface area (Å²) in [6.45, 7) is 18.7. The lowest BCUT2D eigenvalue weighted by Gasteiger charge is -2.64. The van der Waals surface area contributed by atoms with Gasteiger partial charge in [-0.2, -0.15) is 0 Å². The maximum atomic E-state index is 9.95. The predicted octanol–water partition coefficient (Wildman–Crippen LogP) is 5.27. The molecule has 1 N–H and O–H groups in total. The first-order valence-corrected chi connectivity index (χ1v) is 8.22. The Morgan fingerprint density at radius 2 is 1.74 bits per heavy atom. The van der Waals surface area contributed by atoms with Crippen LogP contribution in [0.25, 0.3) is 0 Å². The van der Waals surface area contributed by atoms with Crippen LogP contribution in [0, 0.1) is 28.1 Å². The third kappa shape index (κ3) is 2.73. The van der Waals surface area contributed by atoms with Gasteiger partial charge in [-0.05, 0) is 47.8 Å². The zero-order chi connectivity index (χ0) is 15.1. The molecule has 0 radical (unpaired) electrons. The van der Waals surface area contributed by atoms with Crippen molar-refractivity contribution in [2.45, 2.75) is 87.2 Å². The van der Waals surface area contributed by atoms with Gasteiger partial charge in [0.2, 0.25) is 0 Å². The molecule has 0 aromatic heterocycles. The summed E-state index contributed by atoms with van der Waals surface area (Å²) in [5.41, 5.74) is 1.07. The molecule has 0 aromatic carbocycles. The molecule has 0 bridgehead atoms. The Hall–Kier alpha value is -0.0400. The van der Waals surface area contributed by atoms with E-state index in [0.717, 1.165) is 5.92 Å². The normalized spacial score (nSPS) is 36.2. The average molecular weight is 268 g/mol. The molecule has 5 atom stereocenters. The van der Waals surface area contributed by atoms with Crippen LogP contribution in [0.2, 0.25) is 0 Å². The van der Waals surface area contributed by atoms with E-state index in [1.54, 1.807) is 0 Å². The smallest absolute Gasteiger partial charge is 0.0545 e. The minimum atomic E-state index is -0.167. The standard InChI is InChI=1S/C18H36O/c1-9-13(3)17(7,10-2)12-18(8)11-15(14(4)19)16(18,5)6/h13-15,19H,9-12H2,1-8H3. The van der Waals surface area contributed by atoms with Crippen molar-refractivity contribution in [3.8, 4) is 0 Å². The summed E-state index contributed by atoms with van der Waals surface area (Å²) in [7, 11) is 0. The fourth-order valence-electron chi connectivity index (χ4n) is 4.43. The Morgan fingerprint density at radius 1 is 1.21 bits per heavy atom. The third-order valence-electron chi connectivity index (χ3n) is 7.14. The van der Waals surface area contributed by atoms with Gasteiger partial charge in [-0.1, -0.05) is 61.3 Å². The van der Waals surface area contributed by atoms with Crippen LogP contribution in [-0.2, 0) is 0 Å². The molecule has 1 aliphatic carbocycles. The van der Waals surface area contributed by atoms with Crippen LogP contribution >= 0.6 is 0 Å². The molecule has 114 valence electrons. The lowest BCUT2D eigenvalue weighted by atomic mass is 9.41. The molecule has 0 heterocycles. The van der Waals surface area contributed by atoms with E-state index in [1.807, 2.05) is 6.92 Å². The van der Waals surface area contributed by atoms with Crippen molar-refractivity contribution in [2.24, 2.45) is 28.1 Å². The van der Waals surface area contributed by atoms with Crippen molar-refractivity contribution in [3.05, 3.63) is 0 Å². The molecule has 0 aromatic rings. The first-order chi connectivity index (χ1) is 8.54. The maximum Gasteiger partial charge on any atom is 0.0545 e. The summed E-state index contributed by atoms with van der Waals surface area (Å²) in [5, 5.41) is 9.95. The molecular weight excluding hydrogens is 232 g/mol. The Morgan fingerprint density at radius 3 is 2.05 bits per heavy atom. The average Bonchev–Trinajstić information content (AvgIpc) is 2.34. The number of aliphatic hydroxyl groups is 1. The Balaban J connectivity index is 2.87. The van der Waals surface area contributed by atoms with E-state index in [9.17, 15) is 5.11 Å². The quantitative estimate of drug-likeness (QED) is 0.695. The van der Waals surface area contributed by atoms with E-state index in [-0.39, 0.29) is 11.5 Å². The maximum absolute atomic E-state index is 9.95. The highest BCUT2D eigenvalue weighted by molar-refractivity contribution is 5.08. The van der Waals surface area contributed by atoms with Crippen molar-refractivity contribution in [1.82, 2.24) is 0 Å². The van der Waals surface area contributed by atoms with Gasteiger partial charge in [0.05, 0.1) is 6.10 Å². The molecule has 1 nitrogen and oxygen atoms in total. The van der Waals surface area contributed by atoms with Crippen LogP contribution in [-0.4, -0.2) is 11.2 Å². The third-order valence-corrected chi connectivity index (χ3v) is 7.14. The van der Waals surface area contributed by atoms with Gasteiger partial charge in [0.15, 0.2) is 0 Å². The fraction of sp³-hybridized carbons (Fsp3) is 1.00. The van der Waals surface area contributed by atoms with Crippen molar-refractivity contribution >= 4 is 0 Å². The van der Waals surface area contributed by atoms with Gasteiger partial charge < -0.3 is 5.11 Å². The summed E-state index contributed by atoms with van der Waals surface area (Å²) in [5.74, 6) is 1.24. The highest BCUT2D eigenvalue weighted by Crippen LogP contribution is 2.66. The molecule has 0 amide bonds. The first kappa shape index (κ1) is 17.0. The second-order valence-corrected chi connectivity index (χ2v) is 8.33. The zero-order valence-electron chi connectivity index (χ0n) is 14.5. The molecule has 1 fully saturated rings. The van der Waals surface area contributed by atoms with Gasteiger partial charge in [0.25, 0.3) is 0 Å². The van der Waals surface area contributed by atoms with Crippen LogP contribution in [0.5, 0.6) is 0 Å². The van der Waals surface area contributed by atoms with Gasteiger partial charge in [-0.15, -0.1) is 0 Å². The van der Waals surface area contributed by atoms with Crippen LogP contribution < -0.4 is 0 Å². The lowest BCUT2D eigenvalue weighted by molar-refractivity contribution is -0.174. The Bertz CT molecular complexity index is 307. The summed E-state index contributed by atoms with van der Waals surface area (Å²) in [6, 6.07) is 0. The molecule has 1 aliphatic rings. The molecule has 1 rings (SSSR count). The van der Waals surface area contributed by atoms with Gasteiger partial charge in [0.1, 0.15) is 0 Å². The molecule has 0 aliphatic heterocycles. The van der Waals surface area contributed by atoms with Crippen molar-refractivity contribution < 1.29 is 5.11 Å². The van der Waals surface area contributed by atoms with Crippen LogP contribution in [0.3, 0.4) is 0 Å². The fourth-order valence-corrected chi connectivity index (χ4v) is 4.43. The van der Waals surface area contributed by atoms with Crippen molar-refractivity contribution in [2.75, 3.05) is 0 Å². The molecule has 0 saturated heterocycles. The highest BCUT2D eigenvalue weighted by atomic mass is 16.3. The molecule has 19 heavy (non-hydrogen) atoms. The molecule has 5 unspecified atom stereocenters. The summed E-state index contributed by atoms with van der Waals surface area (Å²) >= 11 is 0. The van der Waals surface area contributed by atoms with E-state index < -0.39 is 0 Å². The van der Waals surface area contributed by atoms with Crippen molar-refractivity contribution in [1.29, 1.82) is 0 Å². The summed E-state index contributed by atoms with van der Waals surface area (Å²) in [4.78, 5) is 0. The van der Waals surface area contributed by atoms with Gasteiger partial charge in [-0.3, -0.25) is 0 Å². The Labute approximate surface area is 121 Å². The minimum Gasteiger partial charge on any atom is -0.393 e. The zero-order valence-corrected chi connectivity index (χ0v) is 14.5. The van der Waals surface area contributed by atoms with E-state index in [4.69, 9.17) is 0 Å². The summed E-state index contributed by atoms with van der Waals surface area (Å²) in [6.07, 6.45) is 4.83. The van der Waals surface area contributed by atoms with E-state index >= 15 is 0 Å². The van der Waals surface area contributed by atoms with Gasteiger partial charge in [0, 0.05) is 0 Å². The minimum absolute atomic E-state index is 0.167. The van der Waals surface area contributed by atoms with E-state index in [1.165, 1.54) is 25.7 Å². The number of aliphatic hydroxyl groups excluding tert-OH is 1. The van der Waals surface area contributed by atoms with Gasteiger partial charge in [-0.25, -0.2) is 0 Å². The molecule has 0 spiro atoms. The highest BCUT2D eigenvalue weighted by Gasteiger charge is 2.59. The second-order valence-electron chi connectivity index (χ2n) is 8.33. The monoisotopic (exact) mass is 268 g/mol.